The second kappa shape index (κ2) is 4.48. The highest BCUT2D eigenvalue weighted by molar-refractivity contribution is 14.1. The minimum absolute atomic E-state index is 0.276. The van der Waals surface area contributed by atoms with Gasteiger partial charge in [-0.1, -0.05) is 0 Å². The predicted octanol–water partition coefficient (Wildman–Crippen LogP) is 0.0566. The second-order valence-corrected chi connectivity index (χ2v) is 3.28. The molecule has 1 amide bonds. The fraction of sp³-hybridized carbons (Fsp3) is 0.600. The molecule has 0 aliphatic rings. The van der Waals surface area contributed by atoms with Gasteiger partial charge in [-0.3, -0.25) is 4.79 Å². The molecule has 0 radical (unpaired) electrons. The van der Waals surface area contributed by atoms with Gasteiger partial charge in [-0.2, -0.15) is 0 Å². The summed E-state index contributed by atoms with van der Waals surface area (Å²) in [4.78, 5) is 21.0. The molecule has 0 aromatic carbocycles. The van der Waals surface area contributed by atoms with Crippen LogP contribution in [-0.4, -0.2) is 23.0 Å². The third-order valence-electron chi connectivity index (χ3n) is 0.682. The van der Waals surface area contributed by atoms with Gasteiger partial charge < -0.3 is 10.1 Å². The summed E-state index contributed by atoms with van der Waals surface area (Å²) in [6, 6.07) is 0. The van der Waals surface area contributed by atoms with Crippen LogP contribution in [0.5, 0.6) is 0 Å². The van der Waals surface area contributed by atoms with Crippen LogP contribution in [0.1, 0.15) is 6.92 Å². The van der Waals surface area contributed by atoms with Gasteiger partial charge in [0, 0.05) is 7.05 Å². The molecule has 10 heavy (non-hydrogen) atoms. The smallest absolute Gasteiger partial charge is 0.397 e. The maximum absolute atomic E-state index is 10.5. The number of ether oxygens (including phenoxy) is 1. The molecule has 0 aromatic rings. The van der Waals surface area contributed by atoms with Crippen molar-refractivity contribution in [2.75, 3.05) is 7.05 Å². The first-order valence-corrected chi connectivity index (χ1v) is 3.89. The van der Waals surface area contributed by atoms with E-state index in [0.29, 0.717) is 0 Å². The van der Waals surface area contributed by atoms with Gasteiger partial charge in [-0.25, -0.2) is 4.79 Å². The van der Waals surface area contributed by atoms with Crippen molar-refractivity contribution in [2.24, 2.45) is 0 Å². The number of nitrogens with one attached hydrogen (secondary N) is 1. The molecule has 0 rings (SSSR count). The Morgan fingerprint density at radius 2 is 2.10 bits per heavy atom. The highest BCUT2D eigenvalue weighted by Gasteiger charge is 2.14. The van der Waals surface area contributed by atoms with Crippen LogP contribution in [0.15, 0.2) is 0 Å². The predicted molar refractivity (Wildman–Crippen MR) is 43.6 cm³/mol. The van der Waals surface area contributed by atoms with Crippen LogP contribution < -0.4 is 5.32 Å². The van der Waals surface area contributed by atoms with Crippen molar-refractivity contribution in [3.05, 3.63) is 0 Å². The van der Waals surface area contributed by atoms with Gasteiger partial charge >= 0.3 is 11.9 Å². The average Bonchev–Trinajstić information content (AvgIpc) is 1.85. The molecule has 4 nitrogen and oxygen atoms in total. The molecule has 0 spiro atoms. The Morgan fingerprint density at radius 1 is 1.60 bits per heavy atom. The Balaban J connectivity index is 3.74. The topological polar surface area (TPSA) is 55.4 Å². The number of carbonyl (C=O) groups excluding carboxylic acids is 2. The maximum Gasteiger partial charge on any atom is 0.397 e. The highest BCUT2D eigenvalue weighted by atomic mass is 127. The first kappa shape index (κ1) is 9.67. The van der Waals surface area contributed by atoms with Crippen molar-refractivity contribution in [3.63, 3.8) is 0 Å². The highest BCUT2D eigenvalue weighted by Crippen LogP contribution is 1.99. The molecule has 0 aliphatic heterocycles. The molecule has 0 saturated carbocycles. The van der Waals surface area contributed by atoms with Crippen LogP contribution in [0.2, 0.25) is 0 Å². The number of esters is 1. The molecule has 0 aromatic heterocycles. The first-order chi connectivity index (χ1) is 4.57. The van der Waals surface area contributed by atoms with Gasteiger partial charge in [-0.05, 0) is 29.5 Å². The largest absolute Gasteiger partial charge is 0.445 e. The molecular formula is C5H8INO3. The molecule has 58 valence electrons. The SMILES string of the molecule is CNC(=O)C(=O)O[C@H](C)I. The van der Waals surface area contributed by atoms with E-state index in [1.54, 1.807) is 6.92 Å². The number of rotatable bonds is 1. The zero-order valence-corrected chi connectivity index (χ0v) is 7.84. The van der Waals surface area contributed by atoms with Gasteiger partial charge in [0.2, 0.25) is 0 Å². The van der Waals surface area contributed by atoms with E-state index in [1.165, 1.54) is 7.05 Å². The molecule has 0 fully saturated rings. The van der Waals surface area contributed by atoms with Crippen molar-refractivity contribution >= 4 is 34.5 Å². The number of hydrogen-bond acceptors (Lipinski definition) is 3. The summed E-state index contributed by atoms with van der Waals surface area (Å²) >= 11 is 1.88. The number of hydrogen-bond donors (Lipinski definition) is 1. The molecule has 5 heteroatoms. The lowest BCUT2D eigenvalue weighted by Crippen LogP contribution is -2.30. The van der Waals surface area contributed by atoms with Crippen LogP contribution in [0.4, 0.5) is 0 Å². The number of carbonyl (C=O) groups is 2. The molecule has 0 unspecified atom stereocenters. The quantitative estimate of drug-likeness (QED) is 0.312. The van der Waals surface area contributed by atoms with Crippen molar-refractivity contribution in [3.8, 4) is 0 Å². The molecule has 0 aliphatic carbocycles. The van der Waals surface area contributed by atoms with Gasteiger partial charge in [0.1, 0.15) is 4.11 Å². The van der Waals surface area contributed by atoms with E-state index in [0.717, 1.165) is 0 Å². The Kier molecular flexibility index (Phi) is 4.33. The standard InChI is InChI=1S/C5H8INO3/c1-3(6)10-5(9)4(8)7-2/h3H,1-2H3,(H,7,8)/t3-/m1/s1. The van der Waals surface area contributed by atoms with Crippen molar-refractivity contribution in [1.82, 2.24) is 5.32 Å². The molecular weight excluding hydrogens is 249 g/mol. The molecule has 1 atom stereocenters. The van der Waals surface area contributed by atoms with E-state index in [9.17, 15) is 9.59 Å². The Bertz CT molecular complexity index is 146. The van der Waals surface area contributed by atoms with Crippen LogP contribution >= 0.6 is 22.6 Å². The molecule has 0 bridgehead atoms. The normalized spacial score (nSPS) is 11.9. The maximum atomic E-state index is 10.5. The minimum Gasteiger partial charge on any atom is -0.445 e. The van der Waals surface area contributed by atoms with Gasteiger partial charge in [-0.15, -0.1) is 0 Å². The van der Waals surface area contributed by atoms with E-state index < -0.39 is 11.9 Å². The van der Waals surface area contributed by atoms with Crippen molar-refractivity contribution < 1.29 is 14.3 Å². The summed E-state index contributed by atoms with van der Waals surface area (Å²) in [7, 11) is 1.38. The van der Waals surface area contributed by atoms with Gasteiger partial charge in [0.05, 0.1) is 0 Å². The van der Waals surface area contributed by atoms with Crippen LogP contribution in [0.3, 0.4) is 0 Å². The van der Waals surface area contributed by atoms with E-state index in [2.05, 4.69) is 10.1 Å². The average molecular weight is 257 g/mol. The van der Waals surface area contributed by atoms with E-state index in [4.69, 9.17) is 0 Å². The monoisotopic (exact) mass is 257 g/mol. The minimum atomic E-state index is -0.843. The lowest BCUT2D eigenvalue weighted by molar-refractivity contribution is -0.154. The Labute approximate surface area is 72.4 Å². The van der Waals surface area contributed by atoms with Crippen molar-refractivity contribution in [1.29, 1.82) is 0 Å². The Hall–Kier alpha value is -0.330. The zero-order chi connectivity index (χ0) is 8.15. The lowest BCUT2D eigenvalue weighted by atomic mass is 10.6. The molecule has 0 heterocycles. The third-order valence-corrected chi connectivity index (χ3v) is 0.936. The number of alkyl halides is 1. The third kappa shape index (κ3) is 3.65. The molecule has 1 N–H and O–H groups in total. The zero-order valence-electron chi connectivity index (χ0n) is 5.68. The lowest BCUT2D eigenvalue weighted by Gasteiger charge is -2.03. The summed E-state index contributed by atoms with van der Waals surface area (Å²) in [5.74, 6) is -1.56. The molecule has 0 saturated heterocycles. The summed E-state index contributed by atoms with van der Waals surface area (Å²) < 4.78 is 4.26. The number of halogens is 1. The summed E-state index contributed by atoms with van der Waals surface area (Å²) in [5.41, 5.74) is 0. The van der Waals surface area contributed by atoms with E-state index >= 15 is 0 Å². The number of likely N-dealkylation sites (N-methyl/N-ethyl adjacent to an activating group) is 1. The summed E-state index contributed by atoms with van der Waals surface area (Å²) in [6.07, 6.45) is 0. The van der Waals surface area contributed by atoms with Gasteiger partial charge in [0.25, 0.3) is 0 Å². The van der Waals surface area contributed by atoms with Gasteiger partial charge in [0.15, 0.2) is 0 Å². The Morgan fingerprint density at radius 3 is 2.40 bits per heavy atom. The number of amides is 1. The van der Waals surface area contributed by atoms with Crippen LogP contribution in [0.25, 0.3) is 0 Å². The summed E-state index contributed by atoms with van der Waals surface area (Å²) in [5, 5.41) is 2.15. The van der Waals surface area contributed by atoms with Crippen LogP contribution in [-0.2, 0) is 14.3 Å². The van der Waals surface area contributed by atoms with Crippen molar-refractivity contribution in [2.45, 2.75) is 11.0 Å². The fourth-order valence-electron chi connectivity index (χ4n) is 0.303. The van der Waals surface area contributed by atoms with Crippen LogP contribution in [0, 0.1) is 0 Å². The van der Waals surface area contributed by atoms with E-state index in [-0.39, 0.29) is 4.11 Å². The summed E-state index contributed by atoms with van der Waals surface area (Å²) in [6.45, 7) is 1.67. The fourth-order valence-corrected chi connectivity index (χ4v) is 0.534. The second-order valence-electron chi connectivity index (χ2n) is 1.53. The van der Waals surface area contributed by atoms with E-state index in [1.807, 2.05) is 22.6 Å². The first-order valence-electron chi connectivity index (χ1n) is 2.64.